The van der Waals surface area contributed by atoms with Crippen LogP contribution in [-0.4, -0.2) is 59.2 Å². The Morgan fingerprint density at radius 1 is 0.635 bits per heavy atom. The maximum atomic E-state index is 13.9. The van der Waals surface area contributed by atoms with E-state index in [4.69, 9.17) is 14.2 Å². The summed E-state index contributed by atoms with van der Waals surface area (Å²) in [6.07, 6.45) is 32.7. The number of carbonyl (C=O) groups is 3. The fraction of sp³-hybridized carbons (Fsp3) is 0.844. The monoisotopic (exact) mass is 726 g/mol. The van der Waals surface area contributed by atoms with E-state index in [9.17, 15) is 14.4 Å². The molecule has 5 fully saturated rings. The van der Waals surface area contributed by atoms with Gasteiger partial charge in [-0.3, -0.25) is 19.3 Å². The van der Waals surface area contributed by atoms with Crippen molar-refractivity contribution in [1.82, 2.24) is 4.90 Å². The number of unbranched alkanes of at least 4 members (excludes halogenated alkanes) is 8. The molecule has 0 spiro atoms. The molecule has 0 aromatic rings. The van der Waals surface area contributed by atoms with Gasteiger partial charge in [0.25, 0.3) is 0 Å². The first-order chi connectivity index (χ1) is 24.9. The van der Waals surface area contributed by atoms with Crippen molar-refractivity contribution in [2.75, 3.05) is 19.6 Å². The van der Waals surface area contributed by atoms with Gasteiger partial charge in [0, 0.05) is 19.3 Å². The fourth-order valence-corrected chi connectivity index (χ4v) is 10.5. The average Bonchev–Trinajstić information content (AvgIpc) is 3.08. The standard InChI is InChI=1S/C45H75NO6/c1-6-9-10-11-12-13-14-15-16-17-18-19-20-21-22-23-39(47)50-42(4)30-38-31-43(5,51-41(49)34-46(7-2)8-3)36-45(32-38,35-42)52-40(48)33-44-27-24-37(25-28-44)26-29-44/h12-13,15-16,37-38H,6-11,14,17-36H2,1-5H3/b13-12-,16-15-. The third-order valence-electron chi connectivity index (χ3n) is 12.9. The van der Waals surface area contributed by atoms with E-state index >= 15 is 0 Å². The number of hydrogen-bond donors (Lipinski definition) is 0. The largest absolute Gasteiger partial charge is 0.459 e. The lowest BCUT2D eigenvalue weighted by Gasteiger charge is -2.56. The first-order valence-electron chi connectivity index (χ1n) is 21.6. The van der Waals surface area contributed by atoms with Crippen LogP contribution in [0.2, 0.25) is 0 Å². The van der Waals surface area contributed by atoms with E-state index in [-0.39, 0.29) is 35.8 Å². The molecule has 0 aromatic carbocycles. The van der Waals surface area contributed by atoms with Crippen molar-refractivity contribution < 1.29 is 28.6 Å². The molecule has 0 heterocycles. The van der Waals surface area contributed by atoms with Crippen molar-refractivity contribution in [3.63, 3.8) is 0 Å². The van der Waals surface area contributed by atoms with E-state index in [1.165, 1.54) is 57.8 Å². The summed E-state index contributed by atoms with van der Waals surface area (Å²) in [5, 5.41) is 0. The van der Waals surface area contributed by atoms with Crippen LogP contribution in [0, 0.1) is 17.3 Å². The highest BCUT2D eigenvalue weighted by Crippen LogP contribution is 2.56. The molecular weight excluding hydrogens is 650 g/mol. The molecule has 0 amide bonds. The number of ether oxygens (including phenoxy) is 3. The fourth-order valence-electron chi connectivity index (χ4n) is 10.5. The van der Waals surface area contributed by atoms with Crippen LogP contribution in [0.3, 0.4) is 0 Å². The van der Waals surface area contributed by atoms with Gasteiger partial charge in [0.15, 0.2) is 0 Å². The predicted molar refractivity (Wildman–Crippen MR) is 210 cm³/mol. The van der Waals surface area contributed by atoms with Crippen LogP contribution in [0.5, 0.6) is 0 Å². The Balaban J connectivity index is 1.27. The van der Waals surface area contributed by atoms with Gasteiger partial charge in [-0.15, -0.1) is 0 Å². The highest BCUT2D eigenvalue weighted by atomic mass is 16.6. The molecule has 0 aromatic heterocycles. The number of carbonyl (C=O) groups excluding carboxylic acids is 3. The van der Waals surface area contributed by atoms with Gasteiger partial charge in [-0.1, -0.05) is 77.2 Å². The quantitative estimate of drug-likeness (QED) is 0.0449. The number of fused-ring (bicyclic) bond motifs is 5. The first-order valence-corrected chi connectivity index (χ1v) is 21.6. The number of rotatable bonds is 23. The van der Waals surface area contributed by atoms with Crippen molar-refractivity contribution in [1.29, 1.82) is 0 Å². The summed E-state index contributed by atoms with van der Waals surface area (Å²) >= 11 is 0. The molecule has 5 rings (SSSR count). The van der Waals surface area contributed by atoms with Gasteiger partial charge in [-0.25, -0.2) is 0 Å². The van der Waals surface area contributed by atoms with Crippen molar-refractivity contribution in [3.05, 3.63) is 24.3 Å². The van der Waals surface area contributed by atoms with Gasteiger partial charge in [0.05, 0.1) is 13.0 Å². The van der Waals surface area contributed by atoms with Gasteiger partial charge in [0.1, 0.15) is 16.8 Å². The van der Waals surface area contributed by atoms with Crippen molar-refractivity contribution in [3.8, 4) is 0 Å². The molecule has 4 atom stereocenters. The van der Waals surface area contributed by atoms with Crippen molar-refractivity contribution in [2.24, 2.45) is 17.3 Å². The number of allylic oxidation sites excluding steroid dienone is 4. The summed E-state index contributed by atoms with van der Waals surface area (Å²) in [4.78, 5) is 42.3. The highest BCUT2D eigenvalue weighted by molar-refractivity contribution is 5.73. The smallest absolute Gasteiger partial charge is 0.320 e. The van der Waals surface area contributed by atoms with Gasteiger partial charge in [-0.2, -0.15) is 0 Å². The third-order valence-corrected chi connectivity index (χ3v) is 12.9. The number of esters is 3. The van der Waals surface area contributed by atoms with E-state index in [0.29, 0.717) is 38.5 Å². The SMILES string of the molecule is CCCCC/C=C\C/C=C\CCCCCCCC(=O)OC1(C)CC2CC(C)(OC(=O)CN(CC)CC)CC(OC(=O)CC34CCC(CC3)CC4)(C2)C1. The molecule has 52 heavy (non-hydrogen) atoms. The summed E-state index contributed by atoms with van der Waals surface area (Å²) in [6, 6.07) is 0. The minimum absolute atomic E-state index is 0.0715. The van der Waals surface area contributed by atoms with Crippen molar-refractivity contribution >= 4 is 17.9 Å². The second-order valence-corrected chi connectivity index (χ2v) is 17.9. The minimum atomic E-state index is -0.820. The summed E-state index contributed by atoms with van der Waals surface area (Å²) in [5.74, 6) is 0.455. The van der Waals surface area contributed by atoms with Gasteiger partial charge < -0.3 is 14.2 Å². The molecule has 0 aliphatic heterocycles. The van der Waals surface area contributed by atoms with E-state index in [0.717, 1.165) is 76.8 Å². The van der Waals surface area contributed by atoms with Crippen LogP contribution < -0.4 is 0 Å². The Bertz CT molecular complexity index is 1170. The normalized spacial score (nSPS) is 31.3. The lowest BCUT2D eigenvalue weighted by molar-refractivity contribution is -0.223. The van der Waals surface area contributed by atoms with Gasteiger partial charge >= 0.3 is 17.9 Å². The molecule has 5 aliphatic carbocycles. The molecule has 0 N–H and O–H groups in total. The summed E-state index contributed by atoms with van der Waals surface area (Å²) in [7, 11) is 0. The first kappa shape index (κ1) is 42.6. The lowest BCUT2D eigenvalue weighted by Crippen LogP contribution is -2.60. The van der Waals surface area contributed by atoms with Crippen LogP contribution in [0.15, 0.2) is 24.3 Å². The maximum absolute atomic E-state index is 13.9. The van der Waals surface area contributed by atoms with Crippen LogP contribution >= 0.6 is 0 Å². The Hall–Kier alpha value is -2.15. The van der Waals surface area contributed by atoms with Crippen LogP contribution in [0.4, 0.5) is 0 Å². The van der Waals surface area contributed by atoms with E-state index in [1.807, 2.05) is 13.8 Å². The topological polar surface area (TPSA) is 82.1 Å². The third kappa shape index (κ3) is 13.6. The lowest BCUT2D eigenvalue weighted by atomic mass is 9.59. The van der Waals surface area contributed by atoms with Crippen LogP contribution in [0.1, 0.15) is 189 Å². The van der Waals surface area contributed by atoms with E-state index in [1.54, 1.807) is 0 Å². The number of nitrogens with zero attached hydrogens (tertiary/aromatic N) is 1. The molecular formula is C45H75NO6. The molecule has 5 aliphatic rings. The van der Waals surface area contributed by atoms with Gasteiger partial charge in [0.2, 0.25) is 0 Å². The zero-order valence-electron chi connectivity index (χ0n) is 34.0. The Labute approximate surface area is 317 Å². The summed E-state index contributed by atoms with van der Waals surface area (Å²) in [6.45, 7) is 12.2. The van der Waals surface area contributed by atoms with Crippen LogP contribution in [-0.2, 0) is 28.6 Å². The van der Waals surface area contributed by atoms with Crippen LogP contribution in [0.25, 0.3) is 0 Å². The molecule has 7 heteroatoms. The summed E-state index contributed by atoms with van der Waals surface area (Å²) in [5.41, 5.74) is -2.20. The average molecular weight is 726 g/mol. The van der Waals surface area contributed by atoms with Gasteiger partial charge in [-0.05, 0) is 141 Å². The molecule has 4 unspecified atom stereocenters. The summed E-state index contributed by atoms with van der Waals surface area (Å²) < 4.78 is 19.2. The second-order valence-electron chi connectivity index (χ2n) is 17.9. The zero-order valence-corrected chi connectivity index (χ0v) is 34.0. The Morgan fingerprint density at radius 3 is 1.79 bits per heavy atom. The molecule has 4 bridgehead atoms. The van der Waals surface area contributed by atoms with E-state index in [2.05, 4.69) is 50.0 Å². The highest BCUT2D eigenvalue weighted by Gasteiger charge is 2.59. The molecule has 7 nitrogen and oxygen atoms in total. The second kappa shape index (κ2) is 20.5. The molecule has 0 saturated heterocycles. The Kier molecular flexibility index (Phi) is 16.8. The molecule has 5 saturated carbocycles. The number of likely N-dealkylation sites (N-methyl/N-ethyl adjacent to an activating group) is 1. The maximum Gasteiger partial charge on any atom is 0.320 e. The predicted octanol–water partition coefficient (Wildman–Crippen LogP) is 11.0. The minimum Gasteiger partial charge on any atom is -0.459 e. The zero-order chi connectivity index (χ0) is 37.5. The Morgan fingerprint density at radius 2 is 1.19 bits per heavy atom. The van der Waals surface area contributed by atoms with E-state index < -0.39 is 16.8 Å². The van der Waals surface area contributed by atoms with Crippen molar-refractivity contribution in [2.45, 2.75) is 206 Å². The molecule has 296 valence electrons. The molecule has 0 radical (unpaired) electrons. The number of hydrogen-bond acceptors (Lipinski definition) is 7.